The molecule has 0 saturated carbocycles. The van der Waals surface area contributed by atoms with E-state index in [-0.39, 0.29) is 11.6 Å². The zero-order valence-electron chi connectivity index (χ0n) is 13.7. The summed E-state index contributed by atoms with van der Waals surface area (Å²) >= 11 is 0. The van der Waals surface area contributed by atoms with Crippen LogP contribution in [0.2, 0.25) is 0 Å². The summed E-state index contributed by atoms with van der Waals surface area (Å²) in [5.41, 5.74) is 0.976. The molecule has 0 unspecified atom stereocenters. The van der Waals surface area contributed by atoms with Crippen molar-refractivity contribution in [2.75, 3.05) is 13.2 Å². The van der Waals surface area contributed by atoms with Gasteiger partial charge in [-0.15, -0.1) is 0 Å². The Morgan fingerprint density at radius 3 is 2.92 bits per heavy atom. The lowest BCUT2D eigenvalue weighted by Gasteiger charge is -2.08. The van der Waals surface area contributed by atoms with Crippen LogP contribution in [0.25, 0.3) is 22.4 Å². The molecular weight excluding hydrogens is 334 g/mol. The second-order valence-corrected chi connectivity index (χ2v) is 5.49. The predicted octanol–water partition coefficient (Wildman–Crippen LogP) is 3.29. The Morgan fingerprint density at radius 2 is 2.04 bits per heavy atom. The smallest absolute Gasteiger partial charge is 0.273 e. The summed E-state index contributed by atoms with van der Waals surface area (Å²) < 4.78 is 16.0. The van der Waals surface area contributed by atoms with Crippen LogP contribution in [-0.4, -0.2) is 29.2 Å². The van der Waals surface area contributed by atoms with Gasteiger partial charge in [-0.3, -0.25) is 9.78 Å². The summed E-state index contributed by atoms with van der Waals surface area (Å²) in [6.45, 7) is 0.634. The maximum atomic E-state index is 12.1. The van der Waals surface area contributed by atoms with Crippen LogP contribution in [0.3, 0.4) is 0 Å². The number of pyridine rings is 1. The van der Waals surface area contributed by atoms with Gasteiger partial charge in [-0.1, -0.05) is 23.4 Å². The molecule has 0 aliphatic carbocycles. The van der Waals surface area contributed by atoms with Gasteiger partial charge in [-0.2, -0.15) is 0 Å². The van der Waals surface area contributed by atoms with E-state index >= 15 is 0 Å². The minimum Gasteiger partial charge on any atom is -0.489 e. The van der Waals surface area contributed by atoms with Crippen LogP contribution in [0.1, 0.15) is 10.5 Å². The number of nitrogens with one attached hydrogen (secondary N) is 1. The van der Waals surface area contributed by atoms with E-state index in [4.69, 9.17) is 13.7 Å². The number of fused-ring (bicyclic) bond motifs is 1. The molecule has 3 aromatic heterocycles. The molecule has 0 spiro atoms. The van der Waals surface area contributed by atoms with E-state index in [0.29, 0.717) is 30.4 Å². The van der Waals surface area contributed by atoms with E-state index in [1.54, 1.807) is 18.3 Å². The number of rotatable bonds is 6. The predicted molar refractivity (Wildman–Crippen MR) is 93.8 cm³/mol. The first-order valence-electron chi connectivity index (χ1n) is 8.06. The van der Waals surface area contributed by atoms with E-state index in [0.717, 1.165) is 10.9 Å². The van der Waals surface area contributed by atoms with Crippen LogP contribution in [0.4, 0.5) is 0 Å². The number of nitrogens with zero attached hydrogens (tertiary/aromatic N) is 2. The van der Waals surface area contributed by atoms with Crippen molar-refractivity contribution >= 4 is 16.8 Å². The van der Waals surface area contributed by atoms with Crippen molar-refractivity contribution < 1.29 is 18.5 Å². The minimum atomic E-state index is -0.341. The Kier molecular flexibility index (Phi) is 4.34. The lowest BCUT2D eigenvalue weighted by molar-refractivity contribution is 0.0938. The Bertz CT molecular complexity index is 1020. The fourth-order valence-corrected chi connectivity index (χ4v) is 2.53. The van der Waals surface area contributed by atoms with E-state index in [9.17, 15) is 4.79 Å². The SMILES string of the molecule is O=C(NCCOc1cccc2cccnc12)c1cc(-c2ccco2)on1. The van der Waals surface area contributed by atoms with Crippen molar-refractivity contribution in [3.05, 3.63) is 66.7 Å². The second kappa shape index (κ2) is 7.10. The van der Waals surface area contributed by atoms with Gasteiger partial charge in [0.1, 0.15) is 17.9 Å². The van der Waals surface area contributed by atoms with Crippen LogP contribution in [-0.2, 0) is 0 Å². The molecular formula is C19H15N3O4. The summed E-state index contributed by atoms with van der Waals surface area (Å²) in [6.07, 6.45) is 3.25. The van der Waals surface area contributed by atoms with Gasteiger partial charge in [0, 0.05) is 17.6 Å². The van der Waals surface area contributed by atoms with Crippen molar-refractivity contribution in [3.8, 4) is 17.3 Å². The summed E-state index contributed by atoms with van der Waals surface area (Å²) in [4.78, 5) is 16.4. The fraction of sp³-hybridized carbons (Fsp3) is 0.105. The third kappa shape index (κ3) is 3.27. The second-order valence-electron chi connectivity index (χ2n) is 5.49. The molecule has 3 heterocycles. The Labute approximate surface area is 148 Å². The first-order valence-corrected chi connectivity index (χ1v) is 8.06. The summed E-state index contributed by atoms with van der Waals surface area (Å²) in [6, 6.07) is 14.6. The van der Waals surface area contributed by atoms with E-state index in [2.05, 4.69) is 15.5 Å². The number of para-hydroxylation sites is 1. The summed E-state index contributed by atoms with van der Waals surface area (Å²) in [5, 5.41) is 7.49. The van der Waals surface area contributed by atoms with Crippen molar-refractivity contribution in [1.29, 1.82) is 0 Å². The summed E-state index contributed by atoms with van der Waals surface area (Å²) in [7, 11) is 0. The molecule has 1 N–H and O–H groups in total. The number of hydrogen-bond acceptors (Lipinski definition) is 6. The topological polar surface area (TPSA) is 90.4 Å². The quantitative estimate of drug-likeness (QED) is 0.537. The highest BCUT2D eigenvalue weighted by Gasteiger charge is 2.14. The molecule has 4 rings (SSSR count). The van der Waals surface area contributed by atoms with Gasteiger partial charge in [0.25, 0.3) is 5.91 Å². The Morgan fingerprint density at radius 1 is 1.12 bits per heavy atom. The van der Waals surface area contributed by atoms with Gasteiger partial charge in [0.15, 0.2) is 11.5 Å². The van der Waals surface area contributed by atoms with Crippen LogP contribution < -0.4 is 10.1 Å². The van der Waals surface area contributed by atoms with E-state index < -0.39 is 0 Å². The zero-order valence-corrected chi connectivity index (χ0v) is 13.7. The van der Waals surface area contributed by atoms with E-state index in [1.807, 2.05) is 30.3 Å². The number of ether oxygens (including phenoxy) is 1. The highest BCUT2D eigenvalue weighted by Crippen LogP contribution is 2.23. The normalized spacial score (nSPS) is 10.8. The molecule has 130 valence electrons. The van der Waals surface area contributed by atoms with Gasteiger partial charge < -0.3 is 19.0 Å². The van der Waals surface area contributed by atoms with Crippen LogP contribution >= 0.6 is 0 Å². The maximum Gasteiger partial charge on any atom is 0.273 e. The number of amides is 1. The van der Waals surface area contributed by atoms with Gasteiger partial charge in [0.05, 0.1) is 12.8 Å². The Balaban J connectivity index is 1.32. The van der Waals surface area contributed by atoms with Crippen LogP contribution in [0.5, 0.6) is 5.75 Å². The molecule has 0 saturated heterocycles. The number of carbonyl (C=O) groups is 1. The molecule has 0 radical (unpaired) electrons. The van der Waals surface area contributed by atoms with Crippen molar-refractivity contribution in [2.24, 2.45) is 0 Å². The van der Waals surface area contributed by atoms with E-state index in [1.165, 1.54) is 12.3 Å². The number of aromatic nitrogens is 2. The lowest BCUT2D eigenvalue weighted by atomic mass is 10.2. The average molecular weight is 349 g/mol. The number of carbonyl (C=O) groups excluding carboxylic acids is 1. The average Bonchev–Trinajstić information content (AvgIpc) is 3.36. The zero-order chi connectivity index (χ0) is 17.8. The molecule has 0 bridgehead atoms. The maximum absolute atomic E-state index is 12.1. The van der Waals surface area contributed by atoms with Crippen LogP contribution in [0, 0.1) is 0 Å². The van der Waals surface area contributed by atoms with Crippen LogP contribution in [0.15, 0.2) is 69.9 Å². The largest absolute Gasteiger partial charge is 0.489 e. The number of furan rings is 1. The molecule has 4 aromatic rings. The summed E-state index contributed by atoms with van der Waals surface area (Å²) in [5.74, 6) is 1.26. The molecule has 7 nitrogen and oxygen atoms in total. The van der Waals surface area contributed by atoms with Crippen molar-refractivity contribution in [1.82, 2.24) is 15.5 Å². The lowest BCUT2D eigenvalue weighted by Crippen LogP contribution is -2.28. The first kappa shape index (κ1) is 15.9. The highest BCUT2D eigenvalue weighted by atomic mass is 16.5. The standard InChI is InChI=1S/C19H15N3O4/c23-19(14-12-17(26-22-14)15-7-3-10-24-15)21-9-11-25-16-6-1-4-13-5-2-8-20-18(13)16/h1-8,10,12H,9,11H2,(H,21,23). The molecule has 0 fully saturated rings. The molecule has 7 heteroatoms. The van der Waals surface area contributed by atoms with Gasteiger partial charge in [-0.25, -0.2) is 0 Å². The molecule has 0 aliphatic heterocycles. The molecule has 1 amide bonds. The van der Waals surface area contributed by atoms with Gasteiger partial charge in [-0.05, 0) is 24.3 Å². The molecule has 1 aromatic carbocycles. The monoisotopic (exact) mass is 349 g/mol. The number of benzene rings is 1. The number of hydrogen-bond donors (Lipinski definition) is 1. The third-order valence-electron chi connectivity index (χ3n) is 3.75. The first-order chi connectivity index (χ1) is 12.8. The molecule has 0 atom stereocenters. The van der Waals surface area contributed by atoms with Gasteiger partial charge in [0.2, 0.25) is 5.76 Å². The Hall–Kier alpha value is -3.61. The highest BCUT2D eigenvalue weighted by molar-refractivity contribution is 5.92. The van der Waals surface area contributed by atoms with Crippen molar-refractivity contribution in [2.45, 2.75) is 0 Å². The molecule has 26 heavy (non-hydrogen) atoms. The molecule has 0 aliphatic rings. The third-order valence-corrected chi connectivity index (χ3v) is 3.75. The fourth-order valence-electron chi connectivity index (χ4n) is 2.53. The van der Waals surface area contributed by atoms with Gasteiger partial charge >= 0.3 is 0 Å². The minimum absolute atomic E-state index is 0.184. The van der Waals surface area contributed by atoms with Crippen molar-refractivity contribution in [3.63, 3.8) is 0 Å².